The van der Waals surface area contributed by atoms with Crippen molar-refractivity contribution >= 4 is 11.4 Å². The van der Waals surface area contributed by atoms with Gasteiger partial charge in [0.1, 0.15) is 0 Å². The second-order valence-electron chi connectivity index (χ2n) is 5.27. The summed E-state index contributed by atoms with van der Waals surface area (Å²) in [5.74, 6) is 0.393. The van der Waals surface area contributed by atoms with E-state index in [0.717, 1.165) is 31.6 Å². The van der Waals surface area contributed by atoms with Crippen molar-refractivity contribution in [3.63, 3.8) is 0 Å². The lowest BCUT2D eigenvalue weighted by molar-refractivity contribution is 0.0781. The summed E-state index contributed by atoms with van der Waals surface area (Å²) in [5, 5.41) is 9.20. The van der Waals surface area contributed by atoms with Crippen molar-refractivity contribution in [1.29, 1.82) is 0 Å². The molecule has 2 heterocycles. The average molecular weight is 265 g/mol. The van der Waals surface area contributed by atoms with Gasteiger partial charge in [-0.2, -0.15) is 0 Å². The minimum Gasteiger partial charge on any atom is -0.396 e. The number of anilines is 2. The van der Waals surface area contributed by atoms with Gasteiger partial charge < -0.3 is 21.6 Å². The molecule has 6 nitrogen and oxygen atoms in total. The normalized spacial score (nSPS) is 20.3. The van der Waals surface area contributed by atoms with Crippen LogP contribution in [0.1, 0.15) is 19.8 Å². The summed E-state index contributed by atoms with van der Waals surface area (Å²) in [5.41, 5.74) is 15.9. The number of hydrogen-bond donors (Lipinski definition) is 4. The van der Waals surface area contributed by atoms with E-state index in [4.69, 9.17) is 11.5 Å². The summed E-state index contributed by atoms with van der Waals surface area (Å²) in [7, 11) is 0. The molecule has 1 saturated heterocycles. The molecular weight excluding hydrogens is 242 g/mol. The molecule has 106 valence electrons. The van der Waals surface area contributed by atoms with Crippen LogP contribution < -0.4 is 21.8 Å². The molecule has 6 N–H and O–H groups in total. The number of nitrogen functional groups attached to an aromatic ring is 1. The number of hydrogen-bond acceptors (Lipinski definition) is 6. The topological polar surface area (TPSA) is 100 Å². The molecule has 2 unspecified atom stereocenters. The van der Waals surface area contributed by atoms with Crippen LogP contribution >= 0.6 is 0 Å². The first-order valence-corrected chi connectivity index (χ1v) is 6.73. The zero-order valence-electron chi connectivity index (χ0n) is 11.3. The molecule has 1 aromatic heterocycles. The molecule has 0 bridgehead atoms. The van der Waals surface area contributed by atoms with Gasteiger partial charge in [0, 0.05) is 31.4 Å². The second kappa shape index (κ2) is 6.18. The number of nitrogens with one attached hydrogen (secondary N) is 1. The maximum atomic E-state index is 9.20. The Bertz CT molecular complexity index is 404. The van der Waals surface area contributed by atoms with Gasteiger partial charge in [-0.1, -0.05) is 0 Å². The highest BCUT2D eigenvalue weighted by Crippen LogP contribution is 2.28. The minimum atomic E-state index is -0.0625. The van der Waals surface area contributed by atoms with E-state index in [9.17, 15) is 5.21 Å². The first-order chi connectivity index (χ1) is 9.13. The molecule has 2 rings (SSSR count). The van der Waals surface area contributed by atoms with Crippen molar-refractivity contribution in [3.05, 3.63) is 18.5 Å². The fourth-order valence-corrected chi connectivity index (χ4v) is 2.84. The fraction of sp³-hybridized carbons (Fsp3) is 0.615. The van der Waals surface area contributed by atoms with Crippen LogP contribution in [0.5, 0.6) is 0 Å². The molecule has 2 atom stereocenters. The average Bonchev–Trinajstić information content (AvgIpc) is 2.41. The zero-order valence-corrected chi connectivity index (χ0v) is 11.3. The number of rotatable bonds is 4. The number of pyridine rings is 1. The molecule has 1 aliphatic heterocycles. The van der Waals surface area contributed by atoms with Crippen LogP contribution in [0.25, 0.3) is 0 Å². The first kappa shape index (κ1) is 14.0. The van der Waals surface area contributed by atoms with Crippen molar-refractivity contribution < 1.29 is 5.21 Å². The van der Waals surface area contributed by atoms with Crippen molar-refractivity contribution in [2.75, 3.05) is 23.7 Å². The van der Waals surface area contributed by atoms with E-state index in [1.54, 1.807) is 12.4 Å². The number of nitrogens with two attached hydrogens (primary N) is 2. The van der Waals surface area contributed by atoms with Gasteiger partial charge >= 0.3 is 0 Å². The second-order valence-corrected chi connectivity index (χ2v) is 5.27. The number of aromatic nitrogens is 1. The Morgan fingerprint density at radius 1 is 1.47 bits per heavy atom. The number of nitrogens with zero attached hydrogens (tertiary/aromatic N) is 2. The van der Waals surface area contributed by atoms with Gasteiger partial charge in [0.25, 0.3) is 0 Å². The van der Waals surface area contributed by atoms with E-state index in [2.05, 4.69) is 15.4 Å². The van der Waals surface area contributed by atoms with Gasteiger partial charge in [0.15, 0.2) is 0 Å². The summed E-state index contributed by atoms with van der Waals surface area (Å²) in [6.45, 7) is 3.76. The Balaban J connectivity index is 1.98. The fourth-order valence-electron chi connectivity index (χ4n) is 2.84. The SMILES string of the molecule is CC(N)C(NO)C1CCN(c2ccncc2N)CC1. The Labute approximate surface area is 113 Å². The van der Waals surface area contributed by atoms with Crippen molar-refractivity contribution in [2.24, 2.45) is 11.7 Å². The van der Waals surface area contributed by atoms with Crippen molar-refractivity contribution in [1.82, 2.24) is 10.5 Å². The number of piperidine rings is 1. The molecule has 0 aromatic carbocycles. The predicted octanol–water partition coefficient (Wildman–Crippen LogP) is 0.575. The minimum absolute atomic E-state index is 0.0445. The van der Waals surface area contributed by atoms with Crippen LogP contribution in [0.15, 0.2) is 18.5 Å². The van der Waals surface area contributed by atoms with Gasteiger partial charge in [0.05, 0.1) is 17.6 Å². The molecule has 0 aliphatic carbocycles. The van der Waals surface area contributed by atoms with Crippen LogP contribution in [-0.4, -0.2) is 35.4 Å². The van der Waals surface area contributed by atoms with Gasteiger partial charge in [-0.25, -0.2) is 5.48 Å². The van der Waals surface area contributed by atoms with Gasteiger partial charge in [-0.15, -0.1) is 0 Å². The quantitative estimate of drug-likeness (QED) is 0.594. The smallest absolute Gasteiger partial charge is 0.0738 e. The molecule has 1 fully saturated rings. The maximum absolute atomic E-state index is 9.20. The zero-order chi connectivity index (χ0) is 13.8. The third-order valence-corrected chi connectivity index (χ3v) is 3.93. The molecular formula is C13H23N5O. The van der Waals surface area contributed by atoms with Crippen molar-refractivity contribution in [3.8, 4) is 0 Å². The predicted molar refractivity (Wildman–Crippen MR) is 75.9 cm³/mol. The van der Waals surface area contributed by atoms with E-state index in [0.29, 0.717) is 11.6 Å². The van der Waals surface area contributed by atoms with E-state index in [-0.39, 0.29) is 12.1 Å². The first-order valence-electron chi connectivity index (χ1n) is 6.73. The van der Waals surface area contributed by atoms with Crippen LogP contribution in [0.4, 0.5) is 11.4 Å². The van der Waals surface area contributed by atoms with Crippen LogP contribution in [-0.2, 0) is 0 Å². The summed E-state index contributed by atoms with van der Waals surface area (Å²) in [6.07, 6.45) is 5.42. The largest absolute Gasteiger partial charge is 0.396 e. The lowest BCUT2D eigenvalue weighted by Gasteiger charge is -2.38. The number of hydroxylamine groups is 1. The Morgan fingerprint density at radius 3 is 2.68 bits per heavy atom. The van der Waals surface area contributed by atoms with Crippen molar-refractivity contribution in [2.45, 2.75) is 31.8 Å². The highest BCUT2D eigenvalue weighted by Gasteiger charge is 2.29. The van der Waals surface area contributed by atoms with E-state index >= 15 is 0 Å². The standard InChI is InChI=1S/C13H23N5O/c1-9(14)13(17-19)10-3-6-18(7-4-10)12-2-5-16-8-11(12)15/h2,5,8-10,13,17,19H,3-4,6-7,14-15H2,1H3. The molecule has 1 aliphatic rings. The van der Waals surface area contributed by atoms with Crippen LogP contribution in [0, 0.1) is 5.92 Å². The highest BCUT2D eigenvalue weighted by molar-refractivity contribution is 5.66. The summed E-state index contributed by atoms with van der Waals surface area (Å²) < 4.78 is 0. The Kier molecular flexibility index (Phi) is 4.57. The Hall–Kier alpha value is -1.37. The third-order valence-electron chi connectivity index (χ3n) is 3.93. The van der Waals surface area contributed by atoms with Crippen LogP contribution in [0.3, 0.4) is 0 Å². The third kappa shape index (κ3) is 3.15. The van der Waals surface area contributed by atoms with Gasteiger partial charge in [0.2, 0.25) is 0 Å². The summed E-state index contributed by atoms with van der Waals surface area (Å²) in [4.78, 5) is 6.28. The molecule has 1 aromatic rings. The van der Waals surface area contributed by atoms with Gasteiger partial charge in [-0.3, -0.25) is 4.98 Å². The summed E-state index contributed by atoms with van der Waals surface area (Å²) in [6, 6.07) is 1.84. The van der Waals surface area contributed by atoms with Gasteiger partial charge in [-0.05, 0) is 31.7 Å². The van der Waals surface area contributed by atoms with Crippen LogP contribution in [0.2, 0.25) is 0 Å². The Morgan fingerprint density at radius 2 is 2.16 bits per heavy atom. The molecule has 0 spiro atoms. The lowest BCUT2D eigenvalue weighted by Crippen LogP contribution is -2.50. The maximum Gasteiger partial charge on any atom is 0.0738 e. The molecule has 0 radical (unpaired) electrons. The monoisotopic (exact) mass is 265 g/mol. The summed E-state index contributed by atoms with van der Waals surface area (Å²) >= 11 is 0. The highest BCUT2D eigenvalue weighted by atomic mass is 16.5. The van der Waals surface area contributed by atoms with E-state index in [1.807, 2.05) is 13.0 Å². The molecule has 0 saturated carbocycles. The molecule has 19 heavy (non-hydrogen) atoms. The van der Waals surface area contributed by atoms with E-state index < -0.39 is 0 Å². The molecule has 0 amide bonds. The lowest BCUT2D eigenvalue weighted by atomic mass is 9.86. The molecule has 6 heteroatoms. The van der Waals surface area contributed by atoms with E-state index in [1.165, 1.54) is 0 Å².